The van der Waals surface area contributed by atoms with Gasteiger partial charge in [0.25, 0.3) is 0 Å². The van der Waals surface area contributed by atoms with E-state index >= 15 is 0 Å². The Bertz CT molecular complexity index is 505. The number of methoxy groups -OCH3 is 1. The molecule has 5 N–H and O–H groups in total. The lowest BCUT2D eigenvalue weighted by atomic mass is 10.0. The van der Waals surface area contributed by atoms with Gasteiger partial charge in [-0.2, -0.15) is 0 Å². The van der Waals surface area contributed by atoms with Crippen LogP contribution in [0.5, 0.6) is 5.75 Å². The van der Waals surface area contributed by atoms with E-state index in [4.69, 9.17) is 15.6 Å². The smallest absolute Gasteiger partial charge is 0.241 e. The molecule has 0 aromatic heterocycles. The first-order valence-electron chi connectivity index (χ1n) is 4.91. The second kappa shape index (κ2) is 6.35. The highest BCUT2D eigenvalue weighted by molar-refractivity contribution is 7.89. The molecule has 2 atom stereocenters. The molecule has 104 valence electrons. The monoisotopic (exact) mass is 296 g/mol. The summed E-state index contributed by atoms with van der Waals surface area (Å²) in [5, 5.41) is 14.8. The fourth-order valence-corrected chi connectivity index (χ4v) is 2.14. The minimum Gasteiger partial charge on any atom is -0.495 e. The number of sulfonamides is 1. The van der Waals surface area contributed by atoms with Crippen molar-refractivity contribution >= 4 is 22.4 Å². The number of ether oxygens (including phenoxy) is 1. The van der Waals surface area contributed by atoms with E-state index in [0.717, 1.165) is 0 Å². The first kappa shape index (κ1) is 17.1. The van der Waals surface area contributed by atoms with Crippen LogP contribution in [0.3, 0.4) is 0 Å². The molecule has 0 aliphatic carbocycles. The number of aliphatic hydroxyl groups is 1. The quantitative estimate of drug-likeness (QED) is 0.731. The lowest BCUT2D eigenvalue weighted by Gasteiger charge is -2.16. The molecule has 0 fully saturated rings. The van der Waals surface area contributed by atoms with Gasteiger partial charge in [-0.05, 0) is 24.6 Å². The molecule has 1 aromatic carbocycles. The van der Waals surface area contributed by atoms with Gasteiger partial charge in [-0.25, -0.2) is 13.6 Å². The maximum atomic E-state index is 11.3. The third-order valence-electron chi connectivity index (χ3n) is 2.33. The third-order valence-corrected chi connectivity index (χ3v) is 3.27. The molecule has 8 heteroatoms. The van der Waals surface area contributed by atoms with E-state index in [1.165, 1.54) is 19.2 Å². The van der Waals surface area contributed by atoms with E-state index in [1.54, 1.807) is 13.0 Å². The molecule has 0 spiro atoms. The third kappa shape index (κ3) is 3.82. The minimum absolute atomic E-state index is 0. The Morgan fingerprint density at radius 1 is 1.39 bits per heavy atom. The number of nitrogens with two attached hydrogens (primary N) is 2. The van der Waals surface area contributed by atoms with E-state index < -0.39 is 22.2 Å². The van der Waals surface area contributed by atoms with Gasteiger partial charge in [0, 0.05) is 6.04 Å². The fourth-order valence-electron chi connectivity index (χ4n) is 1.40. The summed E-state index contributed by atoms with van der Waals surface area (Å²) < 4.78 is 27.6. The van der Waals surface area contributed by atoms with Crippen molar-refractivity contribution in [2.24, 2.45) is 10.9 Å². The van der Waals surface area contributed by atoms with Crippen LogP contribution in [-0.4, -0.2) is 26.7 Å². The van der Waals surface area contributed by atoms with Crippen LogP contribution in [0.2, 0.25) is 0 Å². The van der Waals surface area contributed by atoms with E-state index in [9.17, 15) is 13.5 Å². The van der Waals surface area contributed by atoms with Crippen LogP contribution in [0.25, 0.3) is 0 Å². The van der Waals surface area contributed by atoms with Gasteiger partial charge >= 0.3 is 0 Å². The van der Waals surface area contributed by atoms with Gasteiger partial charge in [0.15, 0.2) is 0 Å². The molecule has 0 aliphatic heterocycles. The van der Waals surface area contributed by atoms with Gasteiger partial charge in [-0.1, -0.05) is 6.07 Å². The second-order valence-corrected chi connectivity index (χ2v) is 5.29. The topological polar surface area (TPSA) is 116 Å². The molecule has 0 heterocycles. The number of aliphatic hydroxyl groups excluding tert-OH is 1. The summed E-state index contributed by atoms with van der Waals surface area (Å²) in [6.07, 6.45) is -0.957. The molecule has 0 bridgehead atoms. The second-order valence-electron chi connectivity index (χ2n) is 3.76. The van der Waals surface area contributed by atoms with E-state index in [1.807, 2.05) is 0 Å². The van der Waals surface area contributed by atoms with Crippen LogP contribution in [0.15, 0.2) is 23.1 Å². The van der Waals surface area contributed by atoms with Crippen molar-refractivity contribution in [3.63, 3.8) is 0 Å². The number of primary sulfonamides is 1. The Kier molecular flexibility index (Phi) is 6.05. The Labute approximate surface area is 112 Å². The Morgan fingerprint density at radius 3 is 2.33 bits per heavy atom. The maximum Gasteiger partial charge on any atom is 0.241 e. The van der Waals surface area contributed by atoms with Crippen molar-refractivity contribution < 1.29 is 18.3 Å². The molecule has 0 radical (unpaired) electrons. The summed E-state index contributed by atoms with van der Waals surface area (Å²) >= 11 is 0. The van der Waals surface area contributed by atoms with E-state index in [2.05, 4.69) is 0 Å². The standard InChI is InChI=1S/C10H16N2O4S.ClH/c1-6(11)10(13)7-3-4-8(16-2)9(5-7)17(12,14)15;/h3-6,10,13H,11H2,1-2H3,(H2,12,14,15);1H. The first-order valence-corrected chi connectivity index (χ1v) is 6.46. The maximum absolute atomic E-state index is 11.3. The Morgan fingerprint density at radius 2 is 1.94 bits per heavy atom. The largest absolute Gasteiger partial charge is 0.495 e. The summed E-state index contributed by atoms with van der Waals surface area (Å²) in [7, 11) is -2.57. The molecule has 1 aromatic rings. The van der Waals surface area contributed by atoms with Crippen LogP contribution in [0.1, 0.15) is 18.6 Å². The zero-order valence-corrected chi connectivity index (χ0v) is 11.7. The van der Waals surface area contributed by atoms with Crippen LogP contribution >= 0.6 is 12.4 Å². The molecule has 0 saturated carbocycles. The van der Waals surface area contributed by atoms with Gasteiger partial charge in [0.05, 0.1) is 13.2 Å². The molecule has 0 saturated heterocycles. The Balaban J connectivity index is 0.00000289. The first-order chi connectivity index (χ1) is 7.77. The average Bonchev–Trinajstić information content (AvgIpc) is 2.25. The normalized spacial score (nSPS) is 14.5. The van der Waals surface area contributed by atoms with Gasteiger partial charge in [-0.15, -0.1) is 12.4 Å². The van der Waals surface area contributed by atoms with Crippen molar-refractivity contribution in [1.82, 2.24) is 0 Å². The molecule has 1 rings (SSSR count). The Hall–Kier alpha value is -0.860. The van der Waals surface area contributed by atoms with E-state index in [-0.39, 0.29) is 23.1 Å². The zero-order valence-electron chi connectivity index (χ0n) is 10.0. The predicted octanol–water partition coefficient (Wildman–Crippen LogP) is 0.145. The fraction of sp³-hybridized carbons (Fsp3) is 0.400. The molecular formula is C10H17ClN2O4S. The average molecular weight is 297 g/mol. The van der Waals surface area contributed by atoms with Crippen LogP contribution in [-0.2, 0) is 10.0 Å². The molecule has 18 heavy (non-hydrogen) atoms. The van der Waals surface area contributed by atoms with Crippen molar-refractivity contribution in [3.8, 4) is 5.75 Å². The summed E-state index contributed by atoms with van der Waals surface area (Å²) in [5.41, 5.74) is 5.92. The number of halogens is 1. The number of rotatable bonds is 4. The lowest BCUT2D eigenvalue weighted by molar-refractivity contribution is 0.153. The summed E-state index contributed by atoms with van der Waals surface area (Å²) in [6.45, 7) is 1.62. The van der Waals surface area contributed by atoms with Gasteiger partial charge in [0.1, 0.15) is 10.6 Å². The van der Waals surface area contributed by atoms with Gasteiger partial charge in [-0.3, -0.25) is 0 Å². The van der Waals surface area contributed by atoms with Crippen LogP contribution in [0, 0.1) is 0 Å². The van der Waals surface area contributed by atoms with E-state index in [0.29, 0.717) is 5.56 Å². The highest BCUT2D eigenvalue weighted by Crippen LogP contribution is 2.27. The van der Waals surface area contributed by atoms with Crippen LogP contribution < -0.4 is 15.6 Å². The molecular weight excluding hydrogens is 280 g/mol. The van der Waals surface area contributed by atoms with Crippen molar-refractivity contribution in [2.45, 2.75) is 24.0 Å². The predicted molar refractivity (Wildman–Crippen MR) is 70.2 cm³/mol. The highest BCUT2D eigenvalue weighted by atomic mass is 35.5. The minimum atomic E-state index is -3.90. The molecule has 2 unspecified atom stereocenters. The number of benzene rings is 1. The molecule has 0 aliphatic rings. The number of hydrogen-bond donors (Lipinski definition) is 3. The summed E-state index contributed by atoms with van der Waals surface area (Å²) in [5.74, 6) is 0.133. The highest BCUT2D eigenvalue weighted by Gasteiger charge is 2.19. The number of hydrogen-bond acceptors (Lipinski definition) is 5. The van der Waals surface area contributed by atoms with Crippen LogP contribution in [0.4, 0.5) is 0 Å². The van der Waals surface area contributed by atoms with Crippen molar-refractivity contribution in [2.75, 3.05) is 7.11 Å². The summed E-state index contributed by atoms with van der Waals surface area (Å²) in [6, 6.07) is 3.72. The van der Waals surface area contributed by atoms with Gasteiger partial charge in [0.2, 0.25) is 10.0 Å². The summed E-state index contributed by atoms with van der Waals surface area (Å²) in [4.78, 5) is -0.169. The SMILES string of the molecule is COc1ccc(C(O)C(C)N)cc1S(N)(=O)=O.Cl. The van der Waals surface area contributed by atoms with Crippen molar-refractivity contribution in [1.29, 1.82) is 0 Å². The lowest BCUT2D eigenvalue weighted by Crippen LogP contribution is -2.24. The zero-order chi connectivity index (χ0) is 13.2. The molecule has 6 nitrogen and oxygen atoms in total. The molecule has 0 amide bonds. The van der Waals surface area contributed by atoms with Gasteiger partial charge < -0.3 is 15.6 Å². The van der Waals surface area contributed by atoms with Crippen molar-refractivity contribution in [3.05, 3.63) is 23.8 Å².